The van der Waals surface area contributed by atoms with Crippen molar-refractivity contribution in [2.45, 2.75) is 25.0 Å². The first kappa shape index (κ1) is 10.9. The van der Waals surface area contributed by atoms with E-state index in [2.05, 4.69) is 6.92 Å². The summed E-state index contributed by atoms with van der Waals surface area (Å²) >= 11 is 1.40. The van der Waals surface area contributed by atoms with Crippen LogP contribution < -0.4 is 0 Å². The van der Waals surface area contributed by atoms with Gasteiger partial charge in [-0.05, 0) is 0 Å². The minimum absolute atomic E-state index is 0.250. The molecule has 0 aliphatic rings. The molecule has 0 rings (SSSR count). The van der Waals surface area contributed by atoms with E-state index >= 15 is 0 Å². The predicted octanol–water partition coefficient (Wildman–Crippen LogP) is 0.539. The molecule has 0 atom stereocenters. The molecule has 0 bridgehead atoms. The zero-order valence-electron chi connectivity index (χ0n) is 5.55. The number of carboxylic acid groups (broad SMARTS) is 1. The summed E-state index contributed by atoms with van der Waals surface area (Å²) in [6.07, 6.45) is 2.83. The van der Waals surface area contributed by atoms with Gasteiger partial charge in [0.05, 0.1) is 0 Å². The van der Waals surface area contributed by atoms with Crippen molar-refractivity contribution in [2.75, 3.05) is 0 Å². The van der Waals surface area contributed by atoms with Gasteiger partial charge >= 0.3 is 0 Å². The van der Waals surface area contributed by atoms with Crippen LogP contribution in [0.4, 0.5) is 0 Å². The van der Waals surface area contributed by atoms with E-state index in [1.807, 2.05) is 0 Å². The van der Waals surface area contributed by atoms with Crippen LogP contribution in [0.1, 0.15) is 19.8 Å². The second-order valence-corrected chi connectivity index (χ2v) is 2.46. The minimum Gasteiger partial charge on any atom is -0.483 e. The van der Waals surface area contributed by atoms with E-state index in [0.717, 1.165) is 0 Å². The van der Waals surface area contributed by atoms with E-state index < -0.39 is 0 Å². The monoisotopic (exact) mass is 132 g/mol. The fraction of sp³-hybridized carbons (Fsp3) is 0.800. The van der Waals surface area contributed by atoms with E-state index in [9.17, 15) is 0 Å². The van der Waals surface area contributed by atoms with Crippen LogP contribution in [-0.4, -0.2) is 27.9 Å². The van der Waals surface area contributed by atoms with Crippen LogP contribution in [0.15, 0.2) is 0 Å². The maximum Gasteiger partial charge on any atom is 0.290 e. The summed E-state index contributed by atoms with van der Waals surface area (Å²) in [6.45, 7) is 1.98. The summed E-state index contributed by atoms with van der Waals surface area (Å²) in [5.74, 6) is 0. The molecule has 0 saturated carbocycles. The van der Waals surface area contributed by atoms with Crippen molar-refractivity contribution in [1.82, 2.24) is 0 Å². The molecule has 2 nitrogen and oxygen atoms in total. The standard InChI is InChI=1S/C4H9.CH2O2.Al.2H/c1-3-4-2;2-1-3;;;/h1,3-4H2,2H3;1H,(H,2,3);;;. The molecule has 0 amide bonds. The maximum atomic E-state index is 8.36. The van der Waals surface area contributed by atoms with Gasteiger partial charge in [0.1, 0.15) is 0 Å². The third kappa shape index (κ3) is 37.5. The summed E-state index contributed by atoms with van der Waals surface area (Å²) in [7, 11) is 0. The Morgan fingerprint density at radius 1 is 1.75 bits per heavy atom. The molecule has 0 heterocycles. The SMILES string of the molecule is CCC[CH2][AlH2].O=CO. The number of hydrogen-bond donors (Lipinski definition) is 1. The van der Waals surface area contributed by atoms with Gasteiger partial charge in [-0.25, -0.2) is 0 Å². The lowest BCUT2D eigenvalue weighted by Crippen LogP contribution is -1.63. The van der Waals surface area contributed by atoms with Gasteiger partial charge in [-0.15, -0.1) is 5.28 Å². The Labute approximate surface area is 58.3 Å². The second-order valence-electron chi connectivity index (χ2n) is 1.46. The topological polar surface area (TPSA) is 37.3 Å². The first-order valence-corrected chi connectivity index (χ1v) is 4.32. The van der Waals surface area contributed by atoms with Gasteiger partial charge in [0.15, 0.2) is 0 Å². The number of rotatable bonds is 2. The van der Waals surface area contributed by atoms with E-state index in [-0.39, 0.29) is 6.47 Å². The van der Waals surface area contributed by atoms with E-state index in [1.165, 1.54) is 34.4 Å². The van der Waals surface area contributed by atoms with E-state index in [0.29, 0.717) is 0 Å². The lowest BCUT2D eigenvalue weighted by Gasteiger charge is -1.78. The number of unbranched alkanes of at least 4 members (excludes halogenated alkanes) is 1. The molecule has 0 spiro atoms. The van der Waals surface area contributed by atoms with Crippen LogP contribution in [0.25, 0.3) is 0 Å². The zero-order valence-corrected chi connectivity index (χ0v) is 7.55. The Morgan fingerprint density at radius 3 is 2.12 bits per heavy atom. The fourth-order valence-corrected chi connectivity index (χ4v) is 1.06. The van der Waals surface area contributed by atoms with Crippen LogP contribution in [0, 0.1) is 0 Å². The Morgan fingerprint density at radius 2 is 2.12 bits per heavy atom. The lowest BCUT2D eigenvalue weighted by molar-refractivity contribution is -0.122. The van der Waals surface area contributed by atoms with Crippen molar-refractivity contribution in [1.29, 1.82) is 0 Å². The van der Waals surface area contributed by atoms with E-state index in [1.54, 1.807) is 0 Å². The van der Waals surface area contributed by atoms with Crippen LogP contribution in [0.5, 0.6) is 0 Å². The molecule has 0 radical (unpaired) electrons. The van der Waals surface area contributed by atoms with Crippen molar-refractivity contribution < 1.29 is 9.90 Å². The van der Waals surface area contributed by atoms with Crippen LogP contribution >= 0.6 is 0 Å². The molecule has 1 N–H and O–H groups in total. The van der Waals surface area contributed by atoms with Gasteiger partial charge in [-0.2, -0.15) is 0 Å². The summed E-state index contributed by atoms with van der Waals surface area (Å²) in [5, 5.41) is 8.37. The highest BCUT2D eigenvalue weighted by molar-refractivity contribution is 6.08. The summed E-state index contributed by atoms with van der Waals surface area (Å²) < 4.78 is 0. The molecular formula is C5H13AlO2. The second kappa shape index (κ2) is 15.7. The van der Waals surface area contributed by atoms with Gasteiger partial charge in [0.25, 0.3) is 6.47 Å². The van der Waals surface area contributed by atoms with Crippen molar-refractivity contribution in [3.05, 3.63) is 0 Å². The van der Waals surface area contributed by atoms with Crippen LogP contribution in [0.2, 0.25) is 5.28 Å². The smallest absolute Gasteiger partial charge is 0.290 e. The summed E-state index contributed by atoms with van der Waals surface area (Å²) in [4.78, 5) is 8.36. The summed E-state index contributed by atoms with van der Waals surface area (Å²) in [6, 6.07) is 0. The first-order chi connectivity index (χ1) is 3.83. The molecule has 0 fully saturated rings. The third-order valence-corrected chi connectivity index (χ3v) is 1.41. The Bertz CT molecular complexity index is 37.4. The van der Waals surface area contributed by atoms with Gasteiger partial charge in [-0.1, -0.05) is 19.8 Å². The molecule has 0 aliphatic heterocycles. The highest BCUT2D eigenvalue weighted by Crippen LogP contribution is 1.86. The minimum atomic E-state index is -0.250. The van der Waals surface area contributed by atoms with Crippen molar-refractivity contribution in [2.24, 2.45) is 0 Å². The molecular weight excluding hydrogens is 119 g/mol. The fourth-order valence-electron chi connectivity index (χ4n) is 0.354. The van der Waals surface area contributed by atoms with Crippen molar-refractivity contribution in [3.8, 4) is 0 Å². The molecule has 0 aromatic heterocycles. The van der Waals surface area contributed by atoms with Crippen molar-refractivity contribution >= 4 is 22.8 Å². The van der Waals surface area contributed by atoms with Gasteiger partial charge < -0.3 is 5.11 Å². The van der Waals surface area contributed by atoms with Gasteiger partial charge in [-0.3, -0.25) is 4.79 Å². The maximum absolute atomic E-state index is 8.36. The molecule has 3 heteroatoms. The quantitative estimate of drug-likeness (QED) is 0.439. The lowest BCUT2D eigenvalue weighted by atomic mass is 10.4. The average Bonchev–Trinajstić information content (AvgIpc) is 1.71. The molecule has 48 valence electrons. The first-order valence-electron chi connectivity index (χ1n) is 2.91. The predicted molar refractivity (Wildman–Crippen MR) is 37.0 cm³/mol. The average molecular weight is 132 g/mol. The Balaban J connectivity index is 0. The molecule has 0 aromatic rings. The zero-order chi connectivity index (χ0) is 6.83. The summed E-state index contributed by atoms with van der Waals surface area (Å²) in [5.41, 5.74) is 0. The van der Waals surface area contributed by atoms with Gasteiger partial charge in [0, 0.05) is 0 Å². The Hall–Kier alpha value is 0.00247. The van der Waals surface area contributed by atoms with Crippen LogP contribution in [-0.2, 0) is 4.79 Å². The van der Waals surface area contributed by atoms with E-state index in [4.69, 9.17) is 9.90 Å². The van der Waals surface area contributed by atoms with Crippen LogP contribution in [0.3, 0.4) is 0 Å². The third-order valence-electron chi connectivity index (χ3n) is 0.707. The highest BCUT2D eigenvalue weighted by Gasteiger charge is 1.69. The number of hydrogen-bond acceptors (Lipinski definition) is 1. The molecule has 8 heavy (non-hydrogen) atoms. The largest absolute Gasteiger partial charge is 0.483 e. The number of carbonyl (C=O) groups is 1. The van der Waals surface area contributed by atoms with Crippen molar-refractivity contribution in [3.63, 3.8) is 0 Å². The molecule has 0 saturated heterocycles. The van der Waals surface area contributed by atoms with Gasteiger partial charge in [0.2, 0.25) is 16.3 Å². The Kier molecular flexibility index (Phi) is 21.4. The molecule has 0 aromatic carbocycles. The normalized spacial score (nSPS) is 6.62. The highest BCUT2D eigenvalue weighted by atomic mass is 27.0. The molecule has 0 aliphatic carbocycles. The molecule has 0 unspecified atom stereocenters.